The summed E-state index contributed by atoms with van der Waals surface area (Å²) in [4.78, 5) is 32.5. The number of hydrogen-bond donors (Lipinski definition) is 2. The van der Waals surface area contributed by atoms with E-state index in [0.717, 1.165) is 56.7 Å². The summed E-state index contributed by atoms with van der Waals surface area (Å²) in [6.07, 6.45) is 3.92. The number of piperazine rings is 1. The summed E-state index contributed by atoms with van der Waals surface area (Å²) in [5.74, 6) is 0.747. The molecule has 2 amide bonds. The van der Waals surface area contributed by atoms with Crippen molar-refractivity contribution in [1.82, 2.24) is 10.2 Å². The number of anilines is 2. The second kappa shape index (κ2) is 7.62. The van der Waals surface area contributed by atoms with E-state index in [-0.39, 0.29) is 41.9 Å². The number of nitrogens with one attached hydrogen (secondary N) is 1. The van der Waals surface area contributed by atoms with Gasteiger partial charge in [0, 0.05) is 37.5 Å². The zero-order valence-electron chi connectivity index (χ0n) is 18.0. The third kappa shape index (κ3) is 3.53. The van der Waals surface area contributed by atoms with Crippen LogP contribution in [0, 0.1) is 11.8 Å². The van der Waals surface area contributed by atoms with Crippen molar-refractivity contribution in [3.05, 3.63) is 23.8 Å². The van der Waals surface area contributed by atoms with Crippen LogP contribution >= 0.6 is 0 Å². The first-order valence-corrected chi connectivity index (χ1v) is 11.5. The fraction of sp³-hybridized carbons (Fsp3) is 0.652. The van der Waals surface area contributed by atoms with Gasteiger partial charge >= 0.3 is 0 Å². The fourth-order valence-electron chi connectivity index (χ4n) is 4.99. The number of rotatable bonds is 4. The van der Waals surface area contributed by atoms with Gasteiger partial charge in [-0.2, -0.15) is 0 Å². The summed E-state index contributed by atoms with van der Waals surface area (Å²) in [5, 5.41) is 3.39. The van der Waals surface area contributed by atoms with E-state index in [1.807, 2.05) is 9.80 Å². The van der Waals surface area contributed by atoms with Crippen LogP contribution < -0.4 is 20.9 Å². The molecular weight excluding hydrogens is 378 g/mol. The van der Waals surface area contributed by atoms with E-state index in [4.69, 9.17) is 5.73 Å². The Kier molecular flexibility index (Phi) is 5.08. The van der Waals surface area contributed by atoms with Gasteiger partial charge in [-0.25, -0.2) is 0 Å². The van der Waals surface area contributed by atoms with Crippen LogP contribution in [0.3, 0.4) is 0 Å². The Morgan fingerprint density at radius 3 is 2.43 bits per heavy atom. The number of carbonyl (C=O) groups excluding carboxylic acids is 2. The van der Waals surface area contributed by atoms with Gasteiger partial charge < -0.3 is 15.5 Å². The van der Waals surface area contributed by atoms with Crippen LogP contribution in [-0.4, -0.2) is 55.1 Å². The predicted octanol–water partition coefficient (Wildman–Crippen LogP) is 1.83. The van der Waals surface area contributed by atoms with Gasteiger partial charge in [0.15, 0.2) is 0 Å². The van der Waals surface area contributed by atoms with Crippen LogP contribution in [0.1, 0.15) is 51.1 Å². The average molecular weight is 412 g/mol. The van der Waals surface area contributed by atoms with Crippen molar-refractivity contribution in [2.75, 3.05) is 36.0 Å². The number of likely N-dealkylation sites (N-methyl/N-ethyl adjacent to an activating group) is 1. The summed E-state index contributed by atoms with van der Waals surface area (Å²) in [7, 11) is 0. The molecule has 0 spiro atoms. The summed E-state index contributed by atoms with van der Waals surface area (Å²) < 4.78 is 0. The summed E-state index contributed by atoms with van der Waals surface area (Å²) in [6, 6.07) is 6.57. The molecule has 2 heterocycles. The number of amides is 2. The maximum atomic E-state index is 13.1. The lowest BCUT2D eigenvalue weighted by Gasteiger charge is -2.43. The number of nitrogens with zero attached hydrogens (tertiary/aromatic N) is 3. The van der Waals surface area contributed by atoms with Crippen molar-refractivity contribution in [3.8, 4) is 0 Å². The minimum atomic E-state index is -0.0146. The number of hydrogen-bond acceptors (Lipinski definition) is 5. The molecule has 1 saturated heterocycles. The number of nitrogens with two attached hydrogens (primary N) is 1. The molecule has 2 saturated carbocycles. The van der Waals surface area contributed by atoms with Crippen LogP contribution in [0.2, 0.25) is 0 Å². The molecule has 1 aromatic carbocycles. The van der Waals surface area contributed by atoms with Crippen molar-refractivity contribution in [1.29, 1.82) is 0 Å². The van der Waals surface area contributed by atoms with Gasteiger partial charge in [-0.15, -0.1) is 0 Å². The van der Waals surface area contributed by atoms with E-state index in [1.54, 1.807) is 0 Å². The van der Waals surface area contributed by atoms with Crippen LogP contribution in [0.4, 0.5) is 11.4 Å². The van der Waals surface area contributed by atoms with E-state index in [0.29, 0.717) is 6.54 Å². The third-order valence-corrected chi connectivity index (χ3v) is 7.03. The van der Waals surface area contributed by atoms with E-state index in [1.165, 1.54) is 5.56 Å². The molecule has 0 bridgehead atoms. The van der Waals surface area contributed by atoms with Gasteiger partial charge in [-0.1, -0.05) is 13.0 Å². The molecule has 0 radical (unpaired) electrons. The zero-order chi connectivity index (χ0) is 21.0. The van der Waals surface area contributed by atoms with Crippen molar-refractivity contribution in [3.63, 3.8) is 0 Å². The standard InChI is InChI=1S/C23H33N5O2/c1-3-26-13-21(24)25-11-20(26)17-8-9-18-19(10-17)27(22(29)15-4-5-15)12-14(2)28(18)23(30)16-6-7-16/h8-10,14-16,20-21,25H,3-7,11-13,24H2,1-2H3/t14-,20?,21?/m0/s1. The molecule has 162 valence electrons. The molecule has 2 aliphatic carbocycles. The summed E-state index contributed by atoms with van der Waals surface area (Å²) in [6.45, 7) is 7.30. The maximum Gasteiger partial charge on any atom is 0.230 e. The first-order chi connectivity index (χ1) is 14.5. The Labute approximate surface area is 178 Å². The Balaban J connectivity index is 1.53. The largest absolute Gasteiger partial charge is 0.315 e. The summed E-state index contributed by atoms with van der Waals surface area (Å²) >= 11 is 0. The normalized spacial score (nSPS) is 29.6. The lowest BCUT2D eigenvalue weighted by atomic mass is 9.98. The number of benzene rings is 1. The Bertz CT molecular complexity index is 850. The molecule has 5 rings (SSSR count). The molecule has 3 atom stereocenters. The topological polar surface area (TPSA) is 81.9 Å². The molecule has 2 unspecified atom stereocenters. The third-order valence-electron chi connectivity index (χ3n) is 7.03. The molecule has 1 aromatic rings. The SMILES string of the molecule is CCN1CC(N)NCC1c1ccc2c(c1)N(C(=O)C1CC1)C[C@H](C)N2C(=O)C1CC1. The number of fused-ring (bicyclic) bond motifs is 1. The smallest absolute Gasteiger partial charge is 0.230 e. The zero-order valence-corrected chi connectivity index (χ0v) is 18.0. The first kappa shape index (κ1) is 20.0. The maximum absolute atomic E-state index is 13.1. The van der Waals surface area contributed by atoms with Gasteiger partial charge in [0.1, 0.15) is 0 Å². The van der Waals surface area contributed by atoms with Crippen molar-refractivity contribution >= 4 is 23.2 Å². The van der Waals surface area contributed by atoms with E-state index in [2.05, 4.69) is 42.3 Å². The first-order valence-electron chi connectivity index (χ1n) is 11.5. The minimum Gasteiger partial charge on any atom is -0.315 e. The Morgan fingerprint density at radius 2 is 1.77 bits per heavy atom. The molecule has 7 nitrogen and oxygen atoms in total. The lowest BCUT2D eigenvalue weighted by molar-refractivity contribution is -0.122. The van der Waals surface area contributed by atoms with Gasteiger partial charge in [0.05, 0.1) is 23.6 Å². The minimum absolute atomic E-state index is 0.000589. The second-order valence-electron chi connectivity index (χ2n) is 9.42. The highest BCUT2D eigenvalue weighted by molar-refractivity contribution is 6.06. The average Bonchev–Trinajstić information content (AvgIpc) is 3.64. The predicted molar refractivity (Wildman–Crippen MR) is 117 cm³/mol. The molecule has 3 fully saturated rings. The molecule has 2 aliphatic heterocycles. The monoisotopic (exact) mass is 411 g/mol. The van der Waals surface area contributed by atoms with Gasteiger partial charge in [-0.05, 0) is 56.8 Å². The Hall–Kier alpha value is -1.96. The van der Waals surface area contributed by atoms with Crippen molar-refractivity contribution < 1.29 is 9.59 Å². The summed E-state index contributed by atoms with van der Waals surface area (Å²) in [5.41, 5.74) is 9.08. The number of carbonyl (C=O) groups is 2. The van der Waals surface area contributed by atoms with E-state index in [9.17, 15) is 9.59 Å². The quantitative estimate of drug-likeness (QED) is 0.790. The molecule has 4 aliphatic rings. The molecular formula is C23H33N5O2. The van der Waals surface area contributed by atoms with Gasteiger partial charge in [0.2, 0.25) is 11.8 Å². The fourth-order valence-corrected chi connectivity index (χ4v) is 4.99. The highest BCUT2D eigenvalue weighted by Crippen LogP contribution is 2.44. The van der Waals surface area contributed by atoms with E-state index < -0.39 is 0 Å². The second-order valence-corrected chi connectivity index (χ2v) is 9.42. The van der Waals surface area contributed by atoms with Crippen molar-refractivity contribution in [2.24, 2.45) is 17.6 Å². The Morgan fingerprint density at radius 1 is 1.07 bits per heavy atom. The molecule has 30 heavy (non-hydrogen) atoms. The molecule has 3 N–H and O–H groups in total. The lowest BCUT2D eigenvalue weighted by Crippen LogP contribution is -2.56. The van der Waals surface area contributed by atoms with Gasteiger partial charge in [0.25, 0.3) is 0 Å². The van der Waals surface area contributed by atoms with Crippen LogP contribution in [0.25, 0.3) is 0 Å². The highest BCUT2D eigenvalue weighted by atomic mass is 16.2. The highest BCUT2D eigenvalue weighted by Gasteiger charge is 2.43. The van der Waals surface area contributed by atoms with Crippen LogP contribution in [0.5, 0.6) is 0 Å². The van der Waals surface area contributed by atoms with E-state index >= 15 is 0 Å². The van der Waals surface area contributed by atoms with Gasteiger partial charge in [-0.3, -0.25) is 19.8 Å². The molecule has 7 heteroatoms. The molecule has 0 aromatic heterocycles. The van der Waals surface area contributed by atoms with Crippen LogP contribution in [-0.2, 0) is 9.59 Å². The van der Waals surface area contributed by atoms with Crippen molar-refractivity contribution in [2.45, 2.75) is 57.8 Å². The van der Waals surface area contributed by atoms with Crippen LogP contribution in [0.15, 0.2) is 18.2 Å².